The molecule has 2 rings (SSSR count). The van der Waals surface area contributed by atoms with Crippen molar-refractivity contribution in [3.05, 3.63) is 46.2 Å². The minimum Gasteiger partial charge on any atom is -0.377 e. The van der Waals surface area contributed by atoms with Crippen molar-refractivity contribution in [1.82, 2.24) is 9.78 Å². The summed E-state index contributed by atoms with van der Waals surface area (Å²) in [5, 5.41) is 8.14. The average molecular weight is 293 g/mol. The number of hydrogen-bond acceptors (Lipinski definition) is 3. The van der Waals surface area contributed by atoms with E-state index < -0.39 is 5.91 Å². The second-order valence-electron chi connectivity index (χ2n) is 4.77. The predicted molar refractivity (Wildman–Crippen MR) is 80.0 cm³/mol. The third-order valence-corrected chi connectivity index (χ3v) is 3.47. The molecule has 106 valence electrons. The highest BCUT2D eigenvalue weighted by atomic mass is 35.5. The van der Waals surface area contributed by atoms with Crippen LogP contribution in [0.3, 0.4) is 0 Å². The van der Waals surface area contributed by atoms with Gasteiger partial charge in [0.25, 0.3) is 0 Å². The highest BCUT2D eigenvalue weighted by Gasteiger charge is 2.14. The van der Waals surface area contributed by atoms with Crippen LogP contribution in [0.4, 0.5) is 5.69 Å². The summed E-state index contributed by atoms with van der Waals surface area (Å²) >= 11 is 6.14. The summed E-state index contributed by atoms with van der Waals surface area (Å²) in [4.78, 5) is 11.2. The lowest BCUT2D eigenvalue weighted by molar-refractivity contribution is 0.100. The number of benzene rings is 1. The molecule has 6 heteroatoms. The predicted octanol–water partition coefficient (Wildman–Crippen LogP) is 2.65. The molecular weight excluding hydrogens is 276 g/mol. The summed E-state index contributed by atoms with van der Waals surface area (Å²) in [7, 11) is 1.88. The van der Waals surface area contributed by atoms with Crippen LogP contribution in [-0.4, -0.2) is 15.7 Å². The minimum absolute atomic E-state index is 0.0179. The summed E-state index contributed by atoms with van der Waals surface area (Å²) in [6, 6.07) is 4.94. The van der Waals surface area contributed by atoms with Crippen molar-refractivity contribution in [2.24, 2.45) is 12.8 Å². The summed E-state index contributed by atoms with van der Waals surface area (Å²) < 4.78 is 1.77. The average Bonchev–Trinajstić information content (AvgIpc) is 2.71. The van der Waals surface area contributed by atoms with Gasteiger partial charge in [-0.25, -0.2) is 0 Å². The van der Waals surface area contributed by atoms with E-state index in [1.54, 1.807) is 22.9 Å². The van der Waals surface area contributed by atoms with Crippen LogP contribution in [0.5, 0.6) is 0 Å². The number of nitrogens with two attached hydrogens (primary N) is 1. The summed E-state index contributed by atoms with van der Waals surface area (Å²) in [6.07, 6.45) is 1.96. The van der Waals surface area contributed by atoms with Crippen molar-refractivity contribution < 1.29 is 4.79 Å². The Morgan fingerprint density at radius 1 is 1.50 bits per heavy atom. The minimum atomic E-state index is -0.477. The molecule has 1 amide bonds. The second kappa shape index (κ2) is 5.54. The quantitative estimate of drug-likeness (QED) is 0.910. The van der Waals surface area contributed by atoms with Gasteiger partial charge in [0.1, 0.15) is 0 Å². The SMILES string of the molecule is Cc1nn(C)cc1C(C)Nc1cc(C(N)=O)ccc1Cl. The van der Waals surface area contributed by atoms with Crippen molar-refractivity contribution in [3.8, 4) is 0 Å². The van der Waals surface area contributed by atoms with E-state index in [-0.39, 0.29) is 6.04 Å². The Hall–Kier alpha value is -2.01. The first-order valence-corrected chi connectivity index (χ1v) is 6.62. The zero-order chi connectivity index (χ0) is 14.9. The van der Waals surface area contributed by atoms with Crippen molar-refractivity contribution in [2.45, 2.75) is 19.9 Å². The molecule has 0 aliphatic heterocycles. The fourth-order valence-electron chi connectivity index (χ4n) is 2.14. The normalized spacial score (nSPS) is 12.2. The van der Waals surface area contributed by atoms with Gasteiger partial charge in [-0.1, -0.05) is 11.6 Å². The highest BCUT2D eigenvalue weighted by Crippen LogP contribution is 2.28. The molecule has 0 aliphatic carbocycles. The topological polar surface area (TPSA) is 72.9 Å². The number of carbonyl (C=O) groups excluding carboxylic acids is 1. The molecule has 1 aromatic carbocycles. The Balaban J connectivity index is 2.27. The zero-order valence-corrected chi connectivity index (χ0v) is 12.4. The largest absolute Gasteiger partial charge is 0.377 e. The second-order valence-corrected chi connectivity index (χ2v) is 5.18. The first kappa shape index (κ1) is 14.4. The number of nitrogens with zero attached hydrogens (tertiary/aromatic N) is 2. The Bertz CT molecular complexity index is 651. The maximum atomic E-state index is 11.2. The van der Waals surface area contributed by atoms with Gasteiger partial charge >= 0.3 is 0 Å². The van der Waals surface area contributed by atoms with Crippen molar-refractivity contribution in [2.75, 3.05) is 5.32 Å². The van der Waals surface area contributed by atoms with Crippen molar-refractivity contribution in [1.29, 1.82) is 0 Å². The summed E-state index contributed by atoms with van der Waals surface area (Å²) in [6.45, 7) is 3.96. The van der Waals surface area contributed by atoms with Gasteiger partial charge in [-0.15, -0.1) is 0 Å². The maximum absolute atomic E-state index is 11.2. The summed E-state index contributed by atoms with van der Waals surface area (Å²) in [5.74, 6) is -0.477. The highest BCUT2D eigenvalue weighted by molar-refractivity contribution is 6.33. The van der Waals surface area contributed by atoms with Gasteiger partial charge in [-0.05, 0) is 32.0 Å². The molecule has 1 aromatic heterocycles. The van der Waals surface area contributed by atoms with Crippen LogP contribution in [0.2, 0.25) is 5.02 Å². The standard InChI is InChI=1S/C14H17ClN4O/c1-8(11-7-19(3)18-9(11)2)17-13-6-10(14(16)20)4-5-12(13)15/h4-8,17H,1-3H3,(H2,16,20). The monoisotopic (exact) mass is 292 g/mol. The maximum Gasteiger partial charge on any atom is 0.248 e. The van der Waals surface area contributed by atoms with Gasteiger partial charge in [-0.2, -0.15) is 5.10 Å². The Kier molecular flexibility index (Phi) is 3.99. The van der Waals surface area contributed by atoms with Crippen LogP contribution in [0, 0.1) is 6.92 Å². The number of carbonyl (C=O) groups is 1. The fraction of sp³-hybridized carbons (Fsp3) is 0.286. The molecule has 2 aromatic rings. The first-order chi connectivity index (χ1) is 9.38. The third kappa shape index (κ3) is 2.93. The van der Waals surface area contributed by atoms with E-state index in [1.165, 1.54) is 0 Å². The smallest absolute Gasteiger partial charge is 0.248 e. The van der Waals surface area contributed by atoms with E-state index in [2.05, 4.69) is 10.4 Å². The number of primary amides is 1. The molecule has 0 radical (unpaired) electrons. The Morgan fingerprint density at radius 3 is 2.75 bits per heavy atom. The number of amides is 1. The Labute approximate surface area is 122 Å². The zero-order valence-electron chi connectivity index (χ0n) is 11.6. The van der Waals surface area contributed by atoms with Crippen LogP contribution in [0.15, 0.2) is 24.4 Å². The van der Waals surface area contributed by atoms with Gasteiger partial charge in [0.05, 0.1) is 22.4 Å². The third-order valence-electron chi connectivity index (χ3n) is 3.14. The van der Waals surface area contributed by atoms with E-state index in [1.807, 2.05) is 27.1 Å². The first-order valence-electron chi connectivity index (χ1n) is 6.24. The molecule has 3 N–H and O–H groups in total. The van der Waals surface area contributed by atoms with Gasteiger partial charge in [-0.3, -0.25) is 9.48 Å². The van der Waals surface area contributed by atoms with E-state index in [9.17, 15) is 4.79 Å². The fourth-order valence-corrected chi connectivity index (χ4v) is 2.32. The molecule has 5 nitrogen and oxygen atoms in total. The molecular formula is C14H17ClN4O. The molecule has 0 spiro atoms. The molecule has 0 aliphatic rings. The number of rotatable bonds is 4. The van der Waals surface area contributed by atoms with Crippen molar-refractivity contribution in [3.63, 3.8) is 0 Å². The van der Waals surface area contributed by atoms with Crippen molar-refractivity contribution >= 4 is 23.2 Å². The van der Waals surface area contributed by atoms with Gasteiger partial charge < -0.3 is 11.1 Å². The molecule has 0 saturated heterocycles. The number of anilines is 1. The number of nitrogens with one attached hydrogen (secondary N) is 1. The molecule has 1 unspecified atom stereocenters. The molecule has 1 heterocycles. The van der Waals surface area contributed by atoms with Gasteiger partial charge in [0, 0.05) is 24.4 Å². The van der Waals surface area contributed by atoms with Gasteiger partial charge in [0.2, 0.25) is 5.91 Å². The molecule has 0 bridgehead atoms. The lowest BCUT2D eigenvalue weighted by Gasteiger charge is -2.16. The lowest BCUT2D eigenvalue weighted by Crippen LogP contribution is -2.12. The Morgan fingerprint density at radius 2 is 2.20 bits per heavy atom. The van der Waals surface area contributed by atoms with Crippen LogP contribution in [0.25, 0.3) is 0 Å². The lowest BCUT2D eigenvalue weighted by atomic mass is 10.1. The van der Waals surface area contributed by atoms with E-state index >= 15 is 0 Å². The van der Waals surface area contributed by atoms with E-state index in [4.69, 9.17) is 17.3 Å². The molecule has 0 fully saturated rings. The van der Waals surface area contributed by atoms with Crippen LogP contribution < -0.4 is 11.1 Å². The van der Waals surface area contributed by atoms with Crippen LogP contribution in [0.1, 0.15) is 34.6 Å². The van der Waals surface area contributed by atoms with Crippen LogP contribution in [-0.2, 0) is 7.05 Å². The molecule has 20 heavy (non-hydrogen) atoms. The number of halogens is 1. The van der Waals surface area contributed by atoms with E-state index in [0.717, 1.165) is 11.3 Å². The number of aromatic nitrogens is 2. The molecule has 0 saturated carbocycles. The number of aryl methyl sites for hydroxylation is 2. The van der Waals surface area contributed by atoms with Crippen LogP contribution >= 0.6 is 11.6 Å². The molecule has 1 atom stereocenters. The number of hydrogen-bond donors (Lipinski definition) is 2. The summed E-state index contributed by atoms with van der Waals surface area (Å²) in [5.41, 5.74) is 8.41. The van der Waals surface area contributed by atoms with Gasteiger partial charge in [0.15, 0.2) is 0 Å². The van der Waals surface area contributed by atoms with E-state index in [0.29, 0.717) is 16.3 Å².